The molecule has 0 aliphatic heterocycles. The van der Waals surface area contributed by atoms with Gasteiger partial charge in [-0.3, -0.25) is 4.79 Å². The molecular weight excluding hydrogens is 307 g/mol. The number of benzene rings is 1. The van der Waals surface area contributed by atoms with E-state index in [9.17, 15) is 9.18 Å². The standard InChI is InChI=1S/C19H19FN2O2/c1-12-16(20)5-4-6-17(12)24-18(23)19(3)8-7-14(9-19)15-10-21-13(2)22-11-15/h4-6,9-11H,7-8H2,1-3H3/t19-/m1/s1. The summed E-state index contributed by atoms with van der Waals surface area (Å²) in [6, 6.07) is 4.49. The SMILES string of the molecule is Cc1ncc(C2=C[C@](C)(C(=O)Oc3cccc(F)c3C)CC2)cn1. The molecule has 24 heavy (non-hydrogen) atoms. The van der Waals surface area contributed by atoms with Crippen LogP contribution in [0.25, 0.3) is 5.57 Å². The first kappa shape index (κ1) is 16.3. The second kappa shape index (κ2) is 6.15. The van der Waals surface area contributed by atoms with Crippen LogP contribution in [0.2, 0.25) is 0 Å². The van der Waals surface area contributed by atoms with Gasteiger partial charge < -0.3 is 4.74 Å². The van der Waals surface area contributed by atoms with Crippen molar-refractivity contribution in [3.05, 3.63) is 59.4 Å². The minimum absolute atomic E-state index is 0.266. The number of aromatic nitrogens is 2. The lowest BCUT2D eigenvalue weighted by Crippen LogP contribution is -2.28. The van der Waals surface area contributed by atoms with Gasteiger partial charge in [-0.1, -0.05) is 12.1 Å². The Labute approximate surface area is 140 Å². The number of rotatable bonds is 3. The molecule has 0 spiro atoms. The van der Waals surface area contributed by atoms with Crippen LogP contribution in [0, 0.1) is 25.1 Å². The molecule has 2 aromatic rings. The van der Waals surface area contributed by atoms with E-state index in [0.29, 0.717) is 17.8 Å². The van der Waals surface area contributed by atoms with Crippen molar-refractivity contribution in [1.82, 2.24) is 9.97 Å². The number of halogens is 1. The highest BCUT2D eigenvalue weighted by Crippen LogP contribution is 2.41. The molecule has 5 heteroatoms. The van der Waals surface area contributed by atoms with Gasteiger partial charge in [-0.05, 0) is 51.3 Å². The lowest BCUT2D eigenvalue weighted by molar-refractivity contribution is -0.142. The van der Waals surface area contributed by atoms with E-state index in [1.54, 1.807) is 25.4 Å². The molecule has 0 radical (unpaired) electrons. The normalized spacial score (nSPS) is 19.9. The first-order chi connectivity index (χ1) is 11.4. The minimum Gasteiger partial charge on any atom is -0.426 e. The fraction of sp³-hybridized carbons (Fsp3) is 0.316. The molecule has 4 nitrogen and oxygen atoms in total. The van der Waals surface area contributed by atoms with Crippen LogP contribution >= 0.6 is 0 Å². The molecule has 1 heterocycles. The largest absolute Gasteiger partial charge is 0.426 e. The number of allylic oxidation sites excluding steroid dienone is 1. The molecule has 1 aliphatic carbocycles. The van der Waals surface area contributed by atoms with Gasteiger partial charge in [0.05, 0.1) is 5.41 Å². The van der Waals surface area contributed by atoms with Crippen LogP contribution in [0.5, 0.6) is 5.75 Å². The van der Waals surface area contributed by atoms with E-state index in [4.69, 9.17) is 4.74 Å². The summed E-state index contributed by atoms with van der Waals surface area (Å²) in [5.41, 5.74) is 1.55. The van der Waals surface area contributed by atoms with E-state index in [0.717, 1.165) is 17.6 Å². The summed E-state index contributed by atoms with van der Waals surface area (Å²) in [5.74, 6) is 0.215. The zero-order valence-electron chi connectivity index (χ0n) is 14.0. The van der Waals surface area contributed by atoms with E-state index < -0.39 is 5.41 Å². The van der Waals surface area contributed by atoms with Crippen molar-refractivity contribution in [3.63, 3.8) is 0 Å². The van der Waals surface area contributed by atoms with Crippen LogP contribution in [-0.2, 0) is 4.79 Å². The number of esters is 1. The van der Waals surface area contributed by atoms with Gasteiger partial charge in [0, 0.05) is 23.5 Å². The first-order valence-corrected chi connectivity index (χ1v) is 7.87. The summed E-state index contributed by atoms with van der Waals surface area (Å²) in [5, 5.41) is 0. The summed E-state index contributed by atoms with van der Waals surface area (Å²) in [4.78, 5) is 21.0. The molecule has 1 atom stereocenters. The monoisotopic (exact) mass is 326 g/mol. The minimum atomic E-state index is -0.737. The maximum atomic E-state index is 13.6. The van der Waals surface area contributed by atoms with Crippen LogP contribution in [0.4, 0.5) is 4.39 Å². The molecule has 0 saturated carbocycles. The van der Waals surface area contributed by atoms with E-state index in [1.807, 2.05) is 19.9 Å². The van der Waals surface area contributed by atoms with Crippen molar-refractivity contribution >= 4 is 11.5 Å². The lowest BCUT2D eigenvalue weighted by atomic mass is 9.90. The third-order valence-electron chi connectivity index (χ3n) is 4.45. The number of aryl methyl sites for hydroxylation is 1. The molecule has 1 aliphatic rings. The lowest BCUT2D eigenvalue weighted by Gasteiger charge is -2.20. The highest BCUT2D eigenvalue weighted by Gasteiger charge is 2.38. The van der Waals surface area contributed by atoms with E-state index in [1.165, 1.54) is 12.1 Å². The van der Waals surface area contributed by atoms with Crippen LogP contribution in [0.15, 0.2) is 36.7 Å². The van der Waals surface area contributed by atoms with E-state index >= 15 is 0 Å². The van der Waals surface area contributed by atoms with Crippen molar-refractivity contribution < 1.29 is 13.9 Å². The number of nitrogens with zero attached hydrogens (tertiary/aromatic N) is 2. The number of hydrogen-bond acceptors (Lipinski definition) is 4. The summed E-state index contributed by atoms with van der Waals surface area (Å²) in [6.45, 7) is 5.27. The molecule has 0 unspecified atom stereocenters. The maximum Gasteiger partial charge on any atom is 0.321 e. The van der Waals surface area contributed by atoms with Gasteiger partial charge >= 0.3 is 5.97 Å². The highest BCUT2D eigenvalue weighted by atomic mass is 19.1. The second-order valence-corrected chi connectivity index (χ2v) is 6.36. The zero-order valence-corrected chi connectivity index (χ0v) is 14.0. The van der Waals surface area contributed by atoms with Gasteiger partial charge in [0.2, 0.25) is 0 Å². The third-order valence-corrected chi connectivity index (χ3v) is 4.45. The molecule has 1 aromatic heterocycles. The van der Waals surface area contributed by atoms with Gasteiger partial charge in [-0.25, -0.2) is 14.4 Å². The van der Waals surface area contributed by atoms with Crippen LogP contribution in [-0.4, -0.2) is 15.9 Å². The molecule has 0 N–H and O–H groups in total. The molecule has 124 valence electrons. The summed E-state index contributed by atoms with van der Waals surface area (Å²) < 4.78 is 19.1. The topological polar surface area (TPSA) is 52.1 Å². The Hall–Kier alpha value is -2.56. The van der Waals surface area contributed by atoms with Gasteiger partial charge in [-0.2, -0.15) is 0 Å². The smallest absolute Gasteiger partial charge is 0.321 e. The quantitative estimate of drug-likeness (QED) is 0.631. The van der Waals surface area contributed by atoms with Crippen molar-refractivity contribution in [2.75, 3.05) is 0 Å². The van der Waals surface area contributed by atoms with Gasteiger partial charge in [0.15, 0.2) is 0 Å². The molecule has 0 amide bonds. The van der Waals surface area contributed by atoms with Gasteiger partial charge in [-0.15, -0.1) is 0 Å². The Balaban J connectivity index is 1.82. The van der Waals surface area contributed by atoms with Gasteiger partial charge in [0.1, 0.15) is 17.4 Å². The molecule has 0 saturated heterocycles. The van der Waals surface area contributed by atoms with Crippen molar-refractivity contribution in [1.29, 1.82) is 0 Å². The predicted molar refractivity (Wildman–Crippen MR) is 88.9 cm³/mol. The Kier molecular flexibility index (Phi) is 4.18. The fourth-order valence-corrected chi connectivity index (χ4v) is 2.78. The molecular formula is C19H19FN2O2. The second-order valence-electron chi connectivity index (χ2n) is 6.36. The number of carbonyl (C=O) groups excluding carboxylic acids is 1. The summed E-state index contributed by atoms with van der Waals surface area (Å²) >= 11 is 0. The van der Waals surface area contributed by atoms with Crippen molar-refractivity contribution in [2.24, 2.45) is 5.41 Å². The fourth-order valence-electron chi connectivity index (χ4n) is 2.78. The zero-order chi connectivity index (χ0) is 17.3. The van der Waals surface area contributed by atoms with Gasteiger partial charge in [0.25, 0.3) is 0 Å². The maximum absolute atomic E-state index is 13.6. The molecule has 0 bridgehead atoms. The summed E-state index contributed by atoms with van der Waals surface area (Å²) in [7, 11) is 0. The Morgan fingerprint density at radius 1 is 1.25 bits per heavy atom. The molecule has 1 aromatic carbocycles. The Morgan fingerprint density at radius 2 is 1.96 bits per heavy atom. The Morgan fingerprint density at radius 3 is 2.67 bits per heavy atom. The average molecular weight is 326 g/mol. The predicted octanol–water partition coefficient (Wildman–Crippen LogP) is 4.02. The first-order valence-electron chi connectivity index (χ1n) is 7.87. The van der Waals surface area contributed by atoms with Crippen LogP contribution in [0.1, 0.15) is 36.7 Å². The van der Waals surface area contributed by atoms with Crippen molar-refractivity contribution in [3.8, 4) is 5.75 Å². The number of hydrogen-bond donors (Lipinski definition) is 0. The van der Waals surface area contributed by atoms with Crippen LogP contribution in [0.3, 0.4) is 0 Å². The average Bonchev–Trinajstić information content (AvgIpc) is 2.96. The molecule has 0 fully saturated rings. The number of carbonyl (C=O) groups is 1. The Bertz CT molecular complexity index is 815. The van der Waals surface area contributed by atoms with E-state index in [2.05, 4.69) is 9.97 Å². The van der Waals surface area contributed by atoms with Crippen molar-refractivity contribution in [2.45, 2.75) is 33.6 Å². The number of ether oxygens (including phenoxy) is 1. The summed E-state index contributed by atoms with van der Waals surface area (Å²) in [6.07, 6.45) is 6.84. The highest BCUT2D eigenvalue weighted by molar-refractivity contribution is 5.86. The van der Waals surface area contributed by atoms with Crippen LogP contribution < -0.4 is 4.74 Å². The molecule has 3 rings (SSSR count). The van der Waals surface area contributed by atoms with E-state index in [-0.39, 0.29) is 17.5 Å². The third kappa shape index (κ3) is 3.07.